The molecule has 1 fully saturated rings. The predicted molar refractivity (Wildman–Crippen MR) is 101 cm³/mol. The molecule has 0 aromatic carbocycles. The van der Waals surface area contributed by atoms with Crippen LogP contribution < -0.4 is 0 Å². The highest BCUT2D eigenvalue weighted by Gasteiger charge is 2.12. The van der Waals surface area contributed by atoms with E-state index in [-0.39, 0.29) is 12.4 Å². The van der Waals surface area contributed by atoms with E-state index in [1.807, 2.05) is 19.9 Å². The lowest BCUT2D eigenvalue weighted by atomic mass is 10.0. The molecule has 0 aromatic heterocycles. The highest BCUT2D eigenvalue weighted by atomic mass is 16.7. The fourth-order valence-corrected chi connectivity index (χ4v) is 2.68. The van der Waals surface area contributed by atoms with Gasteiger partial charge in [-0.1, -0.05) is 29.4 Å². The summed E-state index contributed by atoms with van der Waals surface area (Å²) >= 11 is 0. The molecule has 1 aliphatic rings. The molecule has 1 rings (SSSR count). The number of hydrogen-bond acceptors (Lipinski definition) is 3. The Bertz CT molecular complexity index is 428. The molecule has 1 heterocycles. The van der Waals surface area contributed by atoms with Gasteiger partial charge in [0, 0.05) is 6.61 Å². The van der Waals surface area contributed by atoms with Crippen molar-refractivity contribution in [2.24, 2.45) is 0 Å². The number of aliphatic hydroxyl groups excluding tert-OH is 1. The normalized spacial score (nSPS) is 21.9. The standard InChI is InChI=1S/C21H36O3/c1-5-19(4)20(22)13-12-17(2)9-8-10-18(3)14-16-24-21-11-6-7-15-23-21/h5,9,14,20-22H,6-8,10-13,15-16H2,1-4H3/b17-9+,18-14+,19-5?. The first-order valence-electron chi connectivity index (χ1n) is 9.38. The Morgan fingerprint density at radius 1 is 1.17 bits per heavy atom. The van der Waals surface area contributed by atoms with Crippen LogP contribution in [0.2, 0.25) is 0 Å². The Morgan fingerprint density at radius 3 is 2.58 bits per heavy atom. The second-order valence-corrected chi connectivity index (χ2v) is 6.86. The first-order chi connectivity index (χ1) is 11.5. The van der Waals surface area contributed by atoms with Crippen LogP contribution in [0.1, 0.15) is 72.6 Å². The fraction of sp³-hybridized carbons (Fsp3) is 0.714. The van der Waals surface area contributed by atoms with Crippen LogP contribution >= 0.6 is 0 Å². The molecule has 1 aliphatic heterocycles. The van der Waals surface area contributed by atoms with Crippen LogP contribution in [0, 0.1) is 0 Å². The van der Waals surface area contributed by atoms with E-state index >= 15 is 0 Å². The summed E-state index contributed by atoms with van der Waals surface area (Å²) in [6, 6.07) is 0. The van der Waals surface area contributed by atoms with Gasteiger partial charge in [0.2, 0.25) is 0 Å². The molecule has 2 unspecified atom stereocenters. The van der Waals surface area contributed by atoms with Crippen LogP contribution in [0.25, 0.3) is 0 Å². The molecule has 0 bridgehead atoms. The Morgan fingerprint density at radius 2 is 1.92 bits per heavy atom. The summed E-state index contributed by atoms with van der Waals surface area (Å²) in [6.45, 7) is 9.75. The summed E-state index contributed by atoms with van der Waals surface area (Å²) in [5.74, 6) is 0. The van der Waals surface area contributed by atoms with Gasteiger partial charge < -0.3 is 14.6 Å². The molecule has 24 heavy (non-hydrogen) atoms. The van der Waals surface area contributed by atoms with Crippen LogP contribution in [0.3, 0.4) is 0 Å². The fourth-order valence-electron chi connectivity index (χ4n) is 2.68. The second-order valence-electron chi connectivity index (χ2n) is 6.86. The minimum Gasteiger partial charge on any atom is -0.389 e. The first-order valence-corrected chi connectivity index (χ1v) is 9.38. The Kier molecular flexibility index (Phi) is 11.0. The van der Waals surface area contributed by atoms with Gasteiger partial charge in [0.15, 0.2) is 6.29 Å². The van der Waals surface area contributed by atoms with Crippen molar-refractivity contribution in [3.8, 4) is 0 Å². The molecular formula is C21H36O3. The lowest BCUT2D eigenvalue weighted by Crippen LogP contribution is -2.22. The third kappa shape index (κ3) is 9.41. The van der Waals surface area contributed by atoms with Gasteiger partial charge in [-0.3, -0.25) is 0 Å². The molecule has 1 N–H and O–H groups in total. The van der Waals surface area contributed by atoms with Gasteiger partial charge in [0.1, 0.15) is 0 Å². The number of hydrogen-bond donors (Lipinski definition) is 1. The Hall–Kier alpha value is -0.900. The average molecular weight is 337 g/mol. The molecule has 1 saturated heterocycles. The monoisotopic (exact) mass is 336 g/mol. The summed E-state index contributed by atoms with van der Waals surface area (Å²) < 4.78 is 11.3. The molecule has 138 valence electrons. The van der Waals surface area contributed by atoms with E-state index in [4.69, 9.17) is 9.47 Å². The Balaban J connectivity index is 2.17. The van der Waals surface area contributed by atoms with Crippen molar-refractivity contribution in [1.82, 2.24) is 0 Å². The van der Waals surface area contributed by atoms with Crippen LogP contribution in [0.4, 0.5) is 0 Å². The molecule has 0 saturated carbocycles. The summed E-state index contributed by atoms with van der Waals surface area (Å²) in [5.41, 5.74) is 3.78. The third-order valence-electron chi connectivity index (χ3n) is 4.68. The number of rotatable bonds is 10. The van der Waals surface area contributed by atoms with Gasteiger partial charge in [0.05, 0.1) is 12.7 Å². The summed E-state index contributed by atoms with van der Waals surface area (Å²) in [5, 5.41) is 9.96. The van der Waals surface area contributed by atoms with Gasteiger partial charge in [-0.2, -0.15) is 0 Å². The van der Waals surface area contributed by atoms with Crippen molar-refractivity contribution in [2.75, 3.05) is 13.2 Å². The van der Waals surface area contributed by atoms with Crippen molar-refractivity contribution in [3.05, 3.63) is 34.9 Å². The van der Waals surface area contributed by atoms with Crippen molar-refractivity contribution in [2.45, 2.75) is 85.0 Å². The predicted octanol–water partition coefficient (Wildman–Crippen LogP) is 5.31. The molecule has 2 atom stereocenters. The van der Waals surface area contributed by atoms with Gasteiger partial charge in [0.25, 0.3) is 0 Å². The average Bonchev–Trinajstić information content (AvgIpc) is 2.59. The highest BCUT2D eigenvalue weighted by Crippen LogP contribution is 2.16. The molecule has 0 aliphatic carbocycles. The smallest absolute Gasteiger partial charge is 0.157 e. The summed E-state index contributed by atoms with van der Waals surface area (Å²) in [4.78, 5) is 0. The summed E-state index contributed by atoms with van der Waals surface area (Å²) in [7, 11) is 0. The third-order valence-corrected chi connectivity index (χ3v) is 4.68. The van der Waals surface area contributed by atoms with E-state index in [1.165, 1.54) is 17.6 Å². The van der Waals surface area contributed by atoms with E-state index in [0.717, 1.165) is 50.7 Å². The van der Waals surface area contributed by atoms with Gasteiger partial charge in [-0.15, -0.1) is 0 Å². The molecule has 0 radical (unpaired) electrons. The minimum absolute atomic E-state index is 0.00278. The lowest BCUT2D eigenvalue weighted by molar-refractivity contribution is -0.155. The van der Waals surface area contributed by atoms with Crippen molar-refractivity contribution in [3.63, 3.8) is 0 Å². The number of aliphatic hydroxyl groups is 1. The van der Waals surface area contributed by atoms with Crippen molar-refractivity contribution >= 4 is 0 Å². The maximum Gasteiger partial charge on any atom is 0.157 e. The quantitative estimate of drug-likeness (QED) is 0.549. The maximum absolute atomic E-state index is 9.96. The number of allylic oxidation sites excluding steroid dienone is 4. The van der Waals surface area contributed by atoms with E-state index in [1.54, 1.807) is 0 Å². The van der Waals surface area contributed by atoms with Gasteiger partial charge in [-0.05, 0) is 78.2 Å². The highest BCUT2D eigenvalue weighted by molar-refractivity contribution is 5.07. The van der Waals surface area contributed by atoms with E-state index in [0.29, 0.717) is 6.61 Å². The molecule has 3 heteroatoms. The largest absolute Gasteiger partial charge is 0.389 e. The Labute approximate surface area is 148 Å². The summed E-state index contributed by atoms with van der Waals surface area (Å²) in [6.07, 6.45) is 13.4. The van der Waals surface area contributed by atoms with Gasteiger partial charge in [-0.25, -0.2) is 0 Å². The van der Waals surface area contributed by atoms with Crippen molar-refractivity contribution < 1.29 is 14.6 Å². The van der Waals surface area contributed by atoms with Crippen LogP contribution in [-0.2, 0) is 9.47 Å². The minimum atomic E-state index is -0.306. The molecule has 0 aromatic rings. The SMILES string of the molecule is CC=C(C)C(O)CC/C(C)=C/CC/C(C)=C/COC1CCCCO1. The first kappa shape index (κ1) is 21.1. The molecular weight excluding hydrogens is 300 g/mol. The zero-order valence-electron chi connectivity index (χ0n) is 16.0. The van der Waals surface area contributed by atoms with Crippen LogP contribution in [0.5, 0.6) is 0 Å². The molecule has 0 amide bonds. The van der Waals surface area contributed by atoms with E-state index < -0.39 is 0 Å². The van der Waals surface area contributed by atoms with Crippen LogP contribution in [0.15, 0.2) is 34.9 Å². The molecule has 3 nitrogen and oxygen atoms in total. The zero-order valence-corrected chi connectivity index (χ0v) is 16.0. The van der Waals surface area contributed by atoms with E-state index in [9.17, 15) is 5.11 Å². The van der Waals surface area contributed by atoms with Crippen LogP contribution in [-0.4, -0.2) is 30.7 Å². The van der Waals surface area contributed by atoms with E-state index in [2.05, 4.69) is 26.0 Å². The lowest BCUT2D eigenvalue weighted by Gasteiger charge is -2.22. The van der Waals surface area contributed by atoms with Gasteiger partial charge >= 0.3 is 0 Å². The maximum atomic E-state index is 9.96. The zero-order chi connectivity index (χ0) is 17.8. The second kappa shape index (κ2) is 12.5. The number of ether oxygens (including phenoxy) is 2. The molecule has 0 spiro atoms. The topological polar surface area (TPSA) is 38.7 Å². The van der Waals surface area contributed by atoms with Crippen molar-refractivity contribution in [1.29, 1.82) is 0 Å².